The molecule has 0 saturated carbocycles. The summed E-state index contributed by atoms with van der Waals surface area (Å²) in [5, 5.41) is 0. The van der Waals surface area contributed by atoms with Crippen molar-refractivity contribution in [2.75, 3.05) is 20.0 Å². The van der Waals surface area contributed by atoms with Crippen LogP contribution in [0.4, 0.5) is 8.78 Å². The maximum Gasteiger partial charge on any atom is 0.387 e. The number of methoxy groups -OCH3 is 2. The zero-order valence-electron chi connectivity index (χ0n) is 14.1. The fourth-order valence-corrected chi connectivity index (χ4v) is 3.69. The van der Waals surface area contributed by atoms with E-state index in [0.29, 0.717) is 22.5 Å². The van der Waals surface area contributed by atoms with Gasteiger partial charge in [-0.05, 0) is 35.9 Å². The molecule has 0 aliphatic carbocycles. The Morgan fingerprint density at radius 3 is 2.38 bits per heavy atom. The van der Waals surface area contributed by atoms with E-state index in [-0.39, 0.29) is 23.0 Å². The van der Waals surface area contributed by atoms with Gasteiger partial charge < -0.3 is 14.2 Å². The molecule has 1 heterocycles. The molecule has 0 fully saturated rings. The molecule has 136 valence electrons. The number of ketones is 1. The molecular formula is C19H16F2O4S. The standard InChI is InChI=1S/C19H16F2O4S/c1-23-14-8-11(9-15(24-2)18(14)25-19(20)21)7-12-10-26-16-6-4-3-5-13(16)17(12)22/h3-9,19H,10H2,1-2H3. The lowest BCUT2D eigenvalue weighted by molar-refractivity contribution is -0.0526. The quantitative estimate of drug-likeness (QED) is 0.707. The predicted molar refractivity (Wildman–Crippen MR) is 95.7 cm³/mol. The third-order valence-corrected chi connectivity index (χ3v) is 4.96. The summed E-state index contributed by atoms with van der Waals surface area (Å²) in [4.78, 5) is 13.6. The summed E-state index contributed by atoms with van der Waals surface area (Å²) in [5.74, 6) is 0.503. The largest absolute Gasteiger partial charge is 0.493 e. The molecule has 0 saturated heterocycles. The zero-order chi connectivity index (χ0) is 18.7. The van der Waals surface area contributed by atoms with Crippen LogP contribution in [0, 0.1) is 0 Å². The van der Waals surface area contributed by atoms with E-state index in [1.165, 1.54) is 26.4 Å². The van der Waals surface area contributed by atoms with Crippen LogP contribution in [0.3, 0.4) is 0 Å². The van der Waals surface area contributed by atoms with E-state index in [1.54, 1.807) is 23.9 Å². The SMILES string of the molecule is COc1cc(C=C2CSc3ccccc3C2=O)cc(OC)c1OC(F)F. The molecule has 4 nitrogen and oxygen atoms in total. The molecule has 0 atom stereocenters. The summed E-state index contributed by atoms with van der Waals surface area (Å²) >= 11 is 1.58. The van der Waals surface area contributed by atoms with Crippen molar-refractivity contribution in [1.29, 1.82) is 0 Å². The number of Topliss-reactive ketones (excluding diaryl/α,β-unsaturated/α-hetero) is 1. The third kappa shape index (κ3) is 3.67. The maximum atomic E-state index is 12.7. The van der Waals surface area contributed by atoms with Gasteiger partial charge in [-0.2, -0.15) is 8.78 Å². The number of fused-ring (bicyclic) bond motifs is 1. The lowest BCUT2D eigenvalue weighted by atomic mass is 10.0. The summed E-state index contributed by atoms with van der Waals surface area (Å²) in [7, 11) is 2.70. The van der Waals surface area contributed by atoms with Crippen molar-refractivity contribution in [3.05, 3.63) is 53.1 Å². The van der Waals surface area contributed by atoms with Gasteiger partial charge in [0, 0.05) is 21.8 Å². The van der Waals surface area contributed by atoms with E-state index < -0.39 is 6.61 Å². The molecule has 1 aliphatic rings. The Bertz CT molecular complexity index is 839. The van der Waals surface area contributed by atoms with E-state index in [4.69, 9.17) is 9.47 Å². The number of benzene rings is 2. The minimum atomic E-state index is -3.00. The summed E-state index contributed by atoms with van der Waals surface area (Å²) in [6.07, 6.45) is 1.71. The third-order valence-electron chi connectivity index (χ3n) is 3.84. The van der Waals surface area contributed by atoms with Crippen molar-refractivity contribution in [2.24, 2.45) is 0 Å². The van der Waals surface area contributed by atoms with Gasteiger partial charge in [0.15, 0.2) is 17.3 Å². The second kappa shape index (κ2) is 7.78. The minimum Gasteiger partial charge on any atom is -0.493 e. The Morgan fingerprint density at radius 2 is 1.77 bits per heavy atom. The zero-order valence-corrected chi connectivity index (χ0v) is 14.9. The van der Waals surface area contributed by atoms with Gasteiger partial charge in [-0.15, -0.1) is 11.8 Å². The van der Waals surface area contributed by atoms with Gasteiger partial charge in [0.2, 0.25) is 5.75 Å². The normalized spacial score (nSPS) is 15.1. The molecule has 0 N–H and O–H groups in total. The first kappa shape index (κ1) is 18.3. The number of carbonyl (C=O) groups excluding carboxylic acids is 1. The highest BCUT2D eigenvalue weighted by molar-refractivity contribution is 7.99. The molecular weight excluding hydrogens is 362 g/mol. The Hall–Kier alpha value is -2.54. The summed E-state index contributed by atoms with van der Waals surface area (Å²) in [5.41, 5.74) is 1.87. The smallest absolute Gasteiger partial charge is 0.387 e. The average Bonchev–Trinajstić information content (AvgIpc) is 2.64. The van der Waals surface area contributed by atoms with Crippen molar-refractivity contribution >= 4 is 23.6 Å². The minimum absolute atomic E-state index is 0.0507. The van der Waals surface area contributed by atoms with Gasteiger partial charge in [-0.25, -0.2) is 0 Å². The summed E-state index contributed by atoms with van der Waals surface area (Å²) in [6.45, 7) is -3.00. The van der Waals surface area contributed by atoms with Gasteiger partial charge >= 0.3 is 6.61 Å². The van der Waals surface area contributed by atoms with E-state index in [1.807, 2.05) is 18.2 Å². The Kier molecular flexibility index (Phi) is 5.46. The number of hydrogen-bond donors (Lipinski definition) is 0. The highest BCUT2D eigenvalue weighted by atomic mass is 32.2. The van der Waals surface area contributed by atoms with E-state index >= 15 is 0 Å². The molecule has 7 heteroatoms. The van der Waals surface area contributed by atoms with Crippen molar-refractivity contribution < 1.29 is 27.8 Å². The summed E-state index contributed by atoms with van der Waals surface area (Å²) in [6, 6.07) is 10.5. The molecule has 0 aromatic heterocycles. The summed E-state index contributed by atoms with van der Waals surface area (Å²) < 4.78 is 40.0. The molecule has 0 bridgehead atoms. The highest BCUT2D eigenvalue weighted by Gasteiger charge is 2.23. The van der Waals surface area contributed by atoms with Gasteiger partial charge in [-0.1, -0.05) is 12.1 Å². The predicted octanol–water partition coefficient (Wildman–Crippen LogP) is 4.68. The highest BCUT2D eigenvalue weighted by Crippen LogP contribution is 2.41. The Balaban J connectivity index is 2.00. The number of alkyl halides is 2. The van der Waals surface area contributed by atoms with Crippen LogP contribution in [0.1, 0.15) is 15.9 Å². The number of thioether (sulfide) groups is 1. The van der Waals surface area contributed by atoms with Crippen LogP contribution in [0.5, 0.6) is 17.2 Å². The fourth-order valence-electron chi connectivity index (χ4n) is 2.67. The topological polar surface area (TPSA) is 44.8 Å². The first-order valence-electron chi connectivity index (χ1n) is 7.71. The molecule has 0 spiro atoms. The molecule has 0 amide bonds. The monoisotopic (exact) mass is 378 g/mol. The first-order chi connectivity index (χ1) is 12.5. The van der Waals surface area contributed by atoms with Crippen molar-refractivity contribution in [3.8, 4) is 17.2 Å². The van der Waals surface area contributed by atoms with Crippen LogP contribution in [0.2, 0.25) is 0 Å². The molecule has 3 rings (SSSR count). The Labute approximate surface area is 153 Å². The molecule has 2 aromatic rings. The average molecular weight is 378 g/mol. The van der Waals surface area contributed by atoms with E-state index in [2.05, 4.69) is 4.74 Å². The number of carbonyl (C=O) groups is 1. The first-order valence-corrected chi connectivity index (χ1v) is 8.70. The van der Waals surface area contributed by atoms with Crippen LogP contribution < -0.4 is 14.2 Å². The van der Waals surface area contributed by atoms with Gasteiger partial charge in [0.05, 0.1) is 14.2 Å². The van der Waals surface area contributed by atoms with Crippen LogP contribution in [-0.2, 0) is 0 Å². The van der Waals surface area contributed by atoms with Crippen molar-refractivity contribution in [2.45, 2.75) is 11.5 Å². The van der Waals surface area contributed by atoms with Gasteiger partial charge in [-0.3, -0.25) is 4.79 Å². The Morgan fingerprint density at radius 1 is 1.12 bits per heavy atom. The fraction of sp³-hybridized carbons (Fsp3) is 0.211. The molecule has 1 aliphatic heterocycles. The number of halogens is 2. The molecule has 26 heavy (non-hydrogen) atoms. The number of rotatable bonds is 5. The van der Waals surface area contributed by atoms with Crippen LogP contribution in [0.15, 0.2) is 46.9 Å². The van der Waals surface area contributed by atoms with Gasteiger partial charge in [0.25, 0.3) is 0 Å². The van der Waals surface area contributed by atoms with Crippen molar-refractivity contribution in [1.82, 2.24) is 0 Å². The van der Waals surface area contributed by atoms with E-state index in [0.717, 1.165) is 4.90 Å². The molecule has 2 aromatic carbocycles. The molecule has 0 unspecified atom stereocenters. The van der Waals surface area contributed by atoms with Gasteiger partial charge in [0.1, 0.15) is 0 Å². The number of ether oxygens (including phenoxy) is 3. The van der Waals surface area contributed by atoms with E-state index in [9.17, 15) is 13.6 Å². The van der Waals surface area contributed by atoms with Crippen LogP contribution >= 0.6 is 11.8 Å². The second-order valence-electron chi connectivity index (χ2n) is 5.42. The number of hydrogen-bond acceptors (Lipinski definition) is 5. The lowest BCUT2D eigenvalue weighted by Crippen LogP contribution is -2.12. The van der Waals surface area contributed by atoms with Crippen LogP contribution in [-0.4, -0.2) is 32.4 Å². The second-order valence-corrected chi connectivity index (χ2v) is 6.43. The van der Waals surface area contributed by atoms with Crippen molar-refractivity contribution in [3.63, 3.8) is 0 Å². The maximum absolute atomic E-state index is 12.7. The van der Waals surface area contributed by atoms with Crippen LogP contribution in [0.25, 0.3) is 6.08 Å². The lowest BCUT2D eigenvalue weighted by Gasteiger charge is -2.18. The molecule has 0 radical (unpaired) electrons.